The van der Waals surface area contributed by atoms with Crippen LogP contribution in [0.4, 0.5) is 5.82 Å². The Labute approximate surface area is 171 Å². The van der Waals surface area contributed by atoms with Gasteiger partial charge in [-0.25, -0.2) is 9.97 Å². The van der Waals surface area contributed by atoms with Crippen molar-refractivity contribution in [3.05, 3.63) is 53.0 Å². The number of hydrogen-bond acceptors (Lipinski definition) is 5. The van der Waals surface area contributed by atoms with Gasteiger partial charge in [0.05, 0.1) is 12.2 Å². The molecule has 4 rings (SSSR count). The summed E-state index contributed by atoms with van der Waals surface area (Å²) in [6.07, 6.45) is 2.65. The van der Waals surface area contributed by atoms with E-state index in [9.17, 15) is 9.59 Å². The Morgan fingerprint density at radius 1 is 1.10 bits per heavy atom. The smallest absolute Gasteiger partial charge is 0.253 e. The number of nitrogens with zero attached hydrogens (tertiary/aromatic N) is 4. The molecule has 0 bridgehead atoms. The van der Waals surface area contributed by atoms with Gasteiger partial charge < -0.3 is 15.1 Å². The number of carbonyl (C=O) groups excluding carboxylic acids is 2. The summed E-state index contributed by atoms with van der Waals surface area (Å²) in [5, 5.41) is 3.18. The van der Waals surface area contributed by atoms with E-state index in [1.807, 2.05) is 47.2 Å². The third-order valence-electron chi connectivity index (χ3n) is 5.85. The highest BCUT2D eigenvalue weighted by atomic mass is 16.2. The van der Waals surface area contributed by atoms with Gasteiger partial charge in [0.1, 0.15) is 11.6 Å². The zero-order valence-corrected chi connectivity index (χ0v) is 17.0. The molecule has 0 radical (unpaired) electrons. The molecular formula is C22H27N5O2. The van der Waals surface area contributed by atoms with Gasteiger partial charge in [-0.1, -0.05) is 18.2 Å². The molecule has 2 amide bonds. The number of likely N-dealkylation sites (tertiary alicyclic amines) is 1. The molecule has 0 saturated carbocycles. The molecule has 1 aromatic heterocycles. The van der Waals surface area contributed by atoms with Crippen LogP contribution in [0.3, 0.4) is 0 Å². The lowest BCUT2D eigenvalue weighted by Crippen LogP contribution is -2.40. The zero-order chi connectivity index (χ0) is 20.4. The molecule has 7 nitrogen and oxygen atoms in total. The maximum Gasteiger partial charge on any atom is 0.253 e. The van der Waals surface area contributed by atoms with Crippen LogP contribution < -0.4 is 5.32 Å². The molecule has 0 aliphatic carbocycles. The fourth-order valence-corrected chi connectivity index (χ4v) is 4.23. The van der Waals surface area contributed by atoms with E-state index in [4.69, 9.17) is 9.97 Å². The number of amides is 2. The third-order valence-corrected chi connectivity index (χ3v) is 5.85. The molecule has 0 spiro atoms. The van der Waals surface area contributed by atoms with E-state index in [1.165, 1.54) is 0 Å². The second-order valence-electron chi connectivity index (χ2n) is 7.75. The lowest BCUT2D eigenvalue weighted by atomic mass is 9.95. The normalized spacial score (nSPS) is 18.9. The van der Waals surface area contributed by atoms with Gasteiger partial charge in [-0.2, -0.15) is 0 Å². The van der Waals surface area contributed by atoms with Crippen LogP contribution in [0.15, 0.2) is 30.3 Å². The first-order chi connectivity index (χ1) is 14.1. The zero-order valence-electron chi connectivity index (χ0n) is 17.0. The van der Waals surface area contributed by atoms with Crippen LogP contribution in [0.5, 0.6) is 0 Å². The maximum atomic E-state index is 12.9. The molecule has 7 heteroatoms. The molecule has 2 aliphatic rings. The number of anilines is 1. The molecule has 1 fully saturated rings. The summed E-state index contributed by atoms with van der Waals surface area (Å²) in [5.41, 5.74) is 2.74. The lowest BCUT2D eigenvalue weighted by Gasteiger charge is -2.33. The number of rotatable bonds is 3. The molecule has 2 aliphatic heterocycles. The van der Waals surface area contributed by atoms with Crippen LogP contribution in [-0.4, -0.2) is 58.3 Å². The van der Waals surface area contributed by atoms with Crippen molar-refractivity contribution < 1.29 is 9.59 Å². The first-order valence-corrected chi connectivity index (χ1v) is 10.2. The number of aromatic nitrogens is 2. The third kappa shape index (κ3) is 3.95. The van der Waals surface area contributed by atoms with Crippen molar-refractivity contribution in [2.75, 3.05) is 32.0 Å². The van der Waals surface area contributed by atoms with Crippen molar-refractivity contribution >= 4 is 17.6 Å². The highest BCUT2D eigenvalue weighted by Crippen LogP contribution is 2.30. The van der Waals surface area contributed by atoms with Crippen LogP contribution in [-0.2, 0) is 17.8 Å². The van der Waals surface area contributed by atoms with Crippen molar-refractivity contribution in [3.63, 3.8) is 0 Å². The summed E-state index contributed by atoms with van der Waals surface area (Å²) in [7, 11) is 1.85. The molecule has 0 unspecified atom stereocenters. The minimum atomic E-state index is 0.0687. The van der Waals surface area contributed by atoms with E-state index in [1.54, 1.807) is 6.92 Å². The molecule has 1 aromatic carbocycles. The highest BCUT2D eigenvalue weighted by Gasteiger charge is 2.30. The average molecular weight is 393 g/mol. The number of nitrogens with one attached hydrogen (secondary N) is 1. The highest BCUT2D eigenvalue weighted by molar-refractivity contribution is 5.94. The van der Waals surface area contributed by atoms with Gasteiger partial charge in [-0.05, 0) is 25.0 Å². The van der Waals surface area contributed by atoms with E-state index < -0.39 is 0 Å². The Bertz CT molecular complexity index is 898. The van der Waals surface area contributed by atoms with Crippen molar-refractivity contribution in [2.24, 2.45) is 0 Å². The quantitative estimate of drug-likeness (QED) is 0.867. The Balaban J connectivity index is 1.57. The Morgan fingerprint density at radius 2 is 1.90 bits per heavy atom. The summed E-state index contributed by atoms with van der Waals surface area (Å²) in [4.78, 5) is 38.0. The predicted molar refractivity (Wildman–Crippen MR) is 111 cm³/mol. The van der Waals surface area contributed by atoms with Crippen molar-refractivity contribution in [3.8, 4) is 0 Å². The second kappa shape index (κ2) is 8.19. The van der Waals surface area contributed by atoms with Crippen LogP contribution in [0.2, 0.25) is 0 Å². The molecular weight excluding hydrogens is 366 g/mol. The molecule has 1 saturated heterocycles. The first kappa shape index (κ1) is 19.4. The van der Waals surface area contributed by atoms with Crippen molar-refractivity contribution in [1.29, 1.82) is 0 Å². The van der Waals surface area contributed by atoms with Gasteiger partial charge in [0.2, 0.25) is 5.91 Å². The monoisotopic (exact) mass is 393 g/mol. The van der Waals surface area contributed by atoms with Crippen LogP contribution in [0, 0.1) is 0 Å². The summed E-state index contributed by atoms with van der Waals surface area (Å²) in [6, 6.07) is 9.43. The summed E-state index contributed by atoms with van der Waals surface area (Å²) in [5.74, 6) is 1.86. The van der Waals surface area contributed by atoms with Gasteiger partial charge in [0.15, 0.2) is 0 Å². The lowest BCUT2D eigenvalue weighted by molar-refractivity contribution is -0.129. The van der Waals surface area contributed by atoms with Gasteiger partial charge in [0, 0.05) is 57.1 Å². The number of fused-ring (bicyclic) bond motifs is 1. The number of piperidine rings is 1. The number of hydrogen-bond donors (Lipinski definition) is 1. The van der Waals surface area contributed by atoms with E-state index >= 15 is 0 Å². The minimum absolute atomic E-state index is 0.0687. The molecule has 29 heavy (non-hydrogen) atoms. The van der Waals surface area contributed by atoms with Gasteiger partial charge in [-0.15, -0.1) is 0 Å². The SMILES string of the molecule is CNc1nc([C@H]2CCCN(C(=O)c3ccccc3)C2)nc2c1CN(C(C)=O)CC2. The fourth-order valence-electron chi connectivity index (χ4n) is 4.23. The van der Waals surface area contributed by atoms with E-state index in [0.29, 0.717) is 19.6 Å². The Hall–Kier alpha value is -2.96. The second-order valence-corrected chi connectivity index (χ2v) is 7.75. The standard InChI is InChI=1S/C22H27N5O2/c1-15(28)26-12-10-19-18(14-26)21(23-2)25-20(24-19)17-9-6-11-27(13-17)22(29)16-7-4-3-5-8-16/h3-5,7-8,17H,6,9-14H2,1-2H3,(H,23,24,25)/t17-/m0/s1. The topological polar surface area (TPSA) is 78.4 Å². The van der Waals surface area contributed by atoms with E-state index in [-0.39, 0.29) is 17.7 Å². The van der Waals surface area contributed by atoms with Crippen LogP contribution >= 0.6 is 0 Å². The average Bonchev–Trinajstić information content (AvgIpc) is 2.78. The minimum Gasteiger partial charge on any atom is -0.373 e. The fraction of sp³-hybridized carbons (Fsp3) is 0.455. The number of benzene rings is 1. The van der Waals surface area contributed by atoms with E-state index in [2.05, 4.69) is 5.32 Å². The largest absolute Gasteiger partial charge is 0.373 e. The summed E-state index contributed by atoms with van der Waals surface area (Å²) in [6.45, 7) is 4.23. The molecule has 1 N–H and O–H groups in total. The Kier molecular flexibility index (Phi) is 5.47. The number of carbonyl (C=O) groups is 2. The molecule has 3 heterocycles. The molecule has 1 atom stereocenters. The van der Waals surface area contributed by atoms with E-state index in [0.717, 1.165) is 54.3 Å². The maximum absolute atomic E-state index is 12.9. The van der Waals surface area contributed by atoms with Crippen molar-refractivity contribution in [2.45, 2.75) is 38.6 Å². The summed E-state index contributed by atoms with van der Waals surface area (Å²) < 4.78 is 0. The predicted octanol–water partition coefficient (Wildman–Crippen LogP) is 2.44. The Morgan fingerprint density at radius 3 is 2.62 bits per heavy atom. The van der Waals surface area contributed by atoms with Gasteiger partial charge >= 0.3 is 0 Å². The van der Waals surface area contributed by atoms with Gasteiger partial charge in [-0.3, -0.25) is 9.59 Å². The van der Waals surface area contributed by atoms with Crippen LogP contribution in [0.1, 0.15) is 53.1 Å². The van der Waals surface area contributed by atoms with Gasteiger partial charge in [0.25, 0.3) is 5.91 Å². The van der Waals surface area contributed by atoms with Crippen LogP contribution in [0.25, 0.3) is 0 Å². The first-order valence-electron chi connectivity index (χ1n) is 10.2. The molecule has 152 valence electrons. The van der Waals surface area contributed by atoms with Crippen molar-refractivity contribution in [1.82, 2.24) is 19.8 Å². The summed E-state index contributed by atoms with van der Waals surface area (Å²) >= 11 is 0. The molecule has 2 aromatic rings.